The van der Waals surface area contributed by atoms with Gasteiger partial charge in [-0.3, -0.25) is 9.36 Å². The lowest BCUT2D eigenvalue weighted by molar-refractivity contribution is -0.169. The Labute approximate surface area is 189 Å². The molecule has 1 aromatic carbocycles. The number of benzene rings is 1. The first-order valence-electron chi connectivity index (χ1n) is 9.68. The molecule has 0 aliphatic carbocycles. The van der Waals surface area contributed by atoms with Crippen molar-refractivity contribution in [2.24, 2.45) is 12.2 Å². The predicted molar refractivity (Wildman–Crippen MR) is 109 cm³/mol. The average Bonchev–Trinajstić information content (AvgIpc) is 3.17. The zero-order valence-corrected chi connectivity index (χ0v) is 18.4. The Morgan fingerprint density at radius 1 is 1.27 bits per heavy atom. The molecular formula is C20H18ClF4N3O5. The van der Waals surface area contributed by atoms with Crippen LogP contribution in [0.4, 0.5) is 17.6 Å². The van der Waals surface area contributed by atoms with Crippen LogP contribution in [0.15, 0.2) is 32.9 Å². The molecule has 8 nitrogen and oxygen atoms in total. The number of nitrogens with zero attached hydrogens (tertiary/aromatic N) is 3. The minimum absolute atomic E-state index is 0.0292. The quantitative estimate of drug-likeness (QED) is 0.473. The van der Waals surface area contributed by atoms with Crippen molar-refractivity contribution in [2.75, 3.05) is 6.61 Å². The lowest BCUT2D eigenvalue weighted by Gasteiger charge is -2.22. The number of oxime groups is 1. The number of alkyl halides is 3. The van der Waals surface area contributed by atoms with E-state index in [1.807, 2.05) is 0 Å². The summed E-state index contributed by atoms with van der Waals surface area (Å²) in [6.45, 7) is 3.38. The van der Waals surface area contributed by atoms with Crippen LogP contribution in [0.5, 0.6) is 0 Å². The lowest BCUT2D eigenvalue weighted by Crippen LogP contribution is -2.41. The van der Waals surface area contributed by atoms with Crippen molar-refractivity contribution in [3.05, 3.63) is 61.1 Å². The molecule has 1 unspecified atom stereocenters. The largest absolute Gasteiger partial charge is 0.463 e. The van der Waals surface area contributed by atoms with Crippen LogP contribution >= 0.6 is 11.6 Å². The maximum atomic E-state index is 14.7. The Morgan fingerprint density at radius 3 is 2.52 bits per heavy atom. The summed E-state index contributed by atoms with van der Waals surface area (Å²) in [6, 6.07) is 1.97. The first-order chi connectivity index (χ1) is 15.4. The Kier molecular flexibility index (Phi) is 6.42. The first kappa shape index (κ1) is 24.5. The minimum Gasteiger partial charge on any atom is -0.463 e. The molecule has 1 atom stereocenters. The summed E-state index contributed by atoms with van der Waals surface area (Å²) in [7, 11) is 0.805. The van der Waals surface area contributed by atoms with Crippen molar-refractivity contribution in [3.8, 4) is 5.69 Å². The van der Waals surface area contributed by atoms with Gasteiger partial charge in [-0.2, -0.15) is 13.2 Å². The summed E-state index contributed by atoms with van der Waals surface area (Å²) >= 11 is 6.13. The highest BCUT2D eigenvalue weighted by Gasteiger charge is 2.47. The zero-order valence-electron chi connectivity index (χ0n) is 17.6. The van der Waals surface area contributed by atoms with E-state index in [0.29, 0.717) is 0 Å². The van der Waals surface area contributed by atoms with Gasteiger partial charge in [0, 0.05) is 25.1 Å². The summed E-state index contributed by atoms with van der Waals surface area (Å²) in [5, 5.41) is 3.68. The van der Waals surface area contributed by atoms with Gasteiger partial charge in [-0.15, -0.1) is 0 Å². The highest BCUT2D eigenvalue weighted by Crippen LogP contribution is 2.34. The maximum Gasteiger partial charge on any atom is 0.431 e. The summed E-state index contributed by atoms with van der Waals surface area (Å²) in [6.07, 6.45) is -4.89. The standard InChI is InChI=1S/C20H18ClF4N3O5/c1-4-19(17(30)32-5-2)9-13(26-33-19)10-6-14(12(22)7-11(10)21)28-16(29)8-15(20(23,24)25)27(3)18(28)31/h6-8H,4-5,9H2,1-3H3. The Balaban J connectivity index is 2.13. The van der Waals surface area contributed by atoms with Gasteiger partial charge >= 0.3 is 17.8 Å². The Morgan fingerprint density at radius 2 is 1.94 bits per heavy atom. The molecule has 33 heavy (non-hydrogen) atoms. The molecule has 0 saturated heterocycles. The highest BCUT2D eigenvalue weighted by atomic mass is 35.5. The predicted octanol–water partition coefficient (Wildman–Crippen LogP) is 3.18. The summed E-state index contributed by atoms with van der Waals surface area (Å²) in [5.74, 6) is -1.80. The van der Waals surface area contributed by atoms with Gasteiger partial charge in [-0.1, -0.05) is 23.7 Å². The van der Waals surface area contributed by atoms with Gasteiger partial charge in [0.15, 0.2) is 0 Å². The smallest absolute Gasteiger partial charge is 0.431 e. The van der Waals surface area contributed by atoms with Crippen LogP contribution < -0.4 is 11.2 Å². The molecule has 0 amide bonds. The van der Waals surface area contributed by atoms with Crippen LogP contribution in [0.25, 0.3) is 5.69 Å². The first-order valence-corrected chi connectivity index (χ1v) is 10.1. The van der Waals surface area contributed by atoms with Crippen molar-refractivity contribution < 1.29 is 31.9 Å². The van der Waals surface area contributed by atoms with Crippen molar-refractivity contribution in [3.63, 3.8) is 0 Å². The Bertz CT molecular complexity index is 1270. The van der Waals surface area contributed by atoms with E-state index in [0.717, 1.165) is 19.2 Å². The maximum absolute atomic E-state index is 14.7. The fourth-order valence-corrected chi connectivity index (χ4v) is 3.64. The Hall–Kier alpha value is -3.15. The van der Waals surface area contributed by atoms with Gasteiger partial charge in [0.1, 0.15) is 11.5 Å². The van der Waals surface area contributed by atoms with E-state index in [1.165, 1.54) is 0 Å². The number of carbonyl (C=O) groups is 1. The topological polar surface area (TPSA) is 91.9 Å². The van der Waals surface area contributed by atoms with E-state index in [9.17, 15) is 31.9 Å². The van der Waals surface area contributed by atoms with Gasteiger partial charge in [0.2, 0.25) is 5.60 Å². The fourth-order valence-electron chi connectivity index (χ4n) is 3.38. The van der Waals surface area contributed by atoms with Crippen LogP contribution in [0.2, 0.25) is 5.02 Å². The number of aromatic nitrogens is 2. The van der Waals surface area contributed by atoms with E-state index in [-0.39, 0.29) is 50.9 Å². The van der Waals surface area contributed by atoms with Gasteiger partial charge in [0.05, 0.1) is 23.0 Å². The molecule has 1 aromatic heterocycles. The van der Waals surface area contributed by atoms with E-state index < -0.39 is 46.2 Å². The van der Waals surface area contributed by atoms with E-state index >= 15 is 0 Å². The van der Waals surface area contributed by atoms with E-state index in [1.54, 1.807) is 13.8 Å². The zero-order chi connectivity index (χ0) is 24.7. The van der Waals surface area contributed by atoms with Crippen LogP contribution in [-0.2, 0) is 27.6 Å². The fraction of sp³-hybridized carbons (Fsp3) is 0.400. The molecule has 0 saturated carbocycles. The van der Waals surface area contributed by atoms with Gasteiger partial charge in [-0.05, 0) is 25.5 Å². The van der Waals surface area contributed by atoms with Gasteiger partial charge < -0.3 is 9.57 Å². The second-order valence-electron chi connectivity index (χ2n) is 7.20. The van der Waals surface area contributed by atoms with Crippen LogP contribution in [0, 0.1) is 5.82 Å². The van der Waals surface area contributed by atoms with Crippen LogP contribution in [0.1, 0.15) is 37.9 Å². The molecule has 0 radical (unpaired) electrons. The lowest BCUT2D eigenvalue weighted by atomic mass is 9.91. The third-order valence-electron chi connectivity index (χ3n) is 5.20. The van der Waals surface area contributed by atoms with Crippen LogP contribution in [-0.4, -0.2) is 33.0 Å². The van der Waals surface area contributed by atoms with Crippen molar-refractivity contribution in [1.29, 1.82) is 0 Å². The van der Waals surface area contributed by atoms with Crippen LogP contribution in [0.3, 0.4) is 0 Å². The van der Waals surface area contributed by atoms with Gasteiger partial charge in [-0.25, -0.2) is 18.5 Å². The second-order valence-corrected chi connectivity index (χ2v) is 7.61. The number of esters is 1. The van der Waals surface area contributed by atoms with E-state index in [2.05, 4.69) is 5.16 Å². The second kappa shape index (κ2) is 8.65. The average molecular weight is 492 g/mol. The normalized spacial score (nSPS) is 18.1. The number of hydrogen-bond acceptors (Lipinski definition) is 6. The number of hydrogen-bond donors (Lipinski definition) is 0. The summed E-state index contributed by atoms with van der Waals surface area (Å²) in [4.78, 5) is 42.6. The molecule has 0 N–H and O–H groups in total. The summed E-state index contributed by atoms with van der Waals surface area (Å²) < 4.78 is 59.5. The number of ether oxygens (including phenoxy) is 1. The number of rotatable bonds is 5. The van der Waals surface area contributed by atoms with Crippen molar-refractivity contribution in [2.45, 2.75) is 38.5 Å². The summed E-state index contributed by atoms with van der Waals surface area (Å²) in [5.41, 5.74) is -6.24. The van der Waals surface area contributed by atoms with Crippen molar-refractivity contribution >= 4 is 23.3 Å². The third-order valence-corrected chi connectivity index (χ3v) is 5.51. The number of halogens is 5. The highest BCUT2D eigenvalue weighted by molar-refractivity contribution is 6.34. The third kappa shape index (κ3) is 4.26. The SMILES string of the molecule is CCOC(=O)C1(CC)CC(c2cc(-n3c(=O)cc(C(F)(F)F)n(C)c3=O)c(F)cc2Cl)=NO1. The molecule has 1 aliphatic rings. The van der Waals surface area contributed by atoms with E-state index in [4.69, 9.17) is 21.2 Å². The molecule has 0 fully saturated rings. The van der Waals surface area contributed by atoms with Gasteiger partial charge in [0.25, 0.3) is 5.56 Å². The molecule has 1 aliphatic heterocycles. The molecule has 2 heterocycles. The molecule has 2 aromatic rings. The molecule has 3 rings (SSSR count). The molecule has 178 valence electrons. The monoisotopic (exact) mass is 491 g/mol. The molecule has 13 heteroatoms. The molecule has 0 bridgehead atoms. The minimum atomic E-state index is -4.97. The molecule has 0 spiro atoms. The van der Waals surface area contributed by atoms with Crippen molar-refractivity contribution in [1.82, 2.24) is 9.13 Å². The number of carbonyl (C=O) groups excluding carboxylic acids is 1. The molecular weight excluding hydrogens is 474 g/mol.